The summed E-state index contributed by atoms with van der Waals surface area (Å²) in [6.45, 7) is 0.0589. The van der Waals surface area contributed by atoms with Crippen molar-refractivity contribution in [3.05, 3.63) is 24.3 Å². The zero-order valence-electron chi connectivity index (χ0n) is 10.7. The van der Waals surface area contributed by atoms with Crippen molar-refractivity contribution in [1.29, 1.82) is 0 Å². The van der Waals surface area contributed by atoms with E-state index < -0.39 is 0 Å². The summed E-state index contributed by atoms with van der Waals surface area (Å²) in [5, 5.41) is 6.03. The van der Waals surface area contributed by atoms with E-state index in [0.29, 0.717) is 6.04 Å². The second kappa shape index (κ2) is 6.28. The number of rotatable bonds is 5. The van der Waals surface area contributed by atoms with Crippen molar-refractivity contribution < 1.29 is 9.53 Å². The molecule has 0 saturated heterocycles. The van der Waals surface area contributed by atoms with E-state index in [2.05, 4.69) is 10.6 Å². The zero-order chi connectivity index (χ0) is 12.8. The summed E-state index contributed by atoms with van der Waals surface area (Å²) in [7, 11) is 1.60. The van der Waals surface area contributed by atoms with Gasteiger partial charge in [0.1, 0.15) is 5.75 Å². The number of hydrogen-bond donors (Lipinski definition) is 2. The molecule has 1 saturated carbocycles. The molecule has 4 heteroatoms. The Labute approximate surface area is 108 Å². The Bertz CT molecular complexity index is 401. The van der Waals surface area contributed by atoms with E-state index in [4.69, 9.17) is 4.74 Å². The van der Waals surface area contributed by atoms with E-state index in [1.165, 1.54) is 25.7 Å². The van der Waals surface area contributed by atoms with Crippen LogP contribution in [0.5, 0.6) is 5.75 Å². The highest BCUT2D eigenvalue weighted by Gasteiger charge is 2.14. The molecule has 0 radical (unpaired) electrons. The lowest BCUT2D eigenvalue weighted by Gasteiger charge is -2.14. The molecule has 4 nitrogen and oxygen atoms in total. The molecule has 1 aliphatic rings. The smallest absolute Gasteiger partial charge is 0.257 e. The van der Waals surface area contributed by atoms with E-state index in [1.54, 1.807) is 7.05 Å². The van der Waals surface area contributed by atoms with Crippen LogP contribution in [0, 0.1) is 0 Å². The molecule has 0 atom stereocenters. The maximum atomic E-state index is 11.1. The van der Waals surface area contributed by atoms with Gasteiger partial charge >= 0.3 is 0 Å². The summed E-state index contributed by atoms with van der Waals surface area (Å²) in [6, 6.07) is 8.37. The van der Waals surface area contributed by atoms with Crippen molar-refractivity contribution in [3.8, 4) is 5.75 Å². The summed E-state index contributed by atoms with van der Waals surface area (Å²) >= 11 is 0. The second-order valence-electron chi connectivity index (χ2n) is 4.62. The van der Waals surface area contributed by atoms with Crippen molar-refractivity contribution in [2.45, 2.75) is 31.7 Å². The van der Waals surface area contributed by atoms with Gasteiger partial charge in [0.2, 0.25) is 0 Å². The summed E-state index contributed by atoms with van der Waals surface area (Å²) in [5.41, 5.74) is 1.07. The Morgan fingerprint density at radius 1 is 1.39 bits per heavy atom. The van der Waals surface area contributed by atoms with Crippen LogP contribution in [0.1, 0.15) is 25.7 Å². The van der Waals surface area contributed by atoms with Gasteiger partial charge in [0.15, 0.2) is 6.61 Å². The number of anilines is 1. The fraction of sp³-hybridized carbons (Fsp3) is 0.500. The molecule has 2 rings (SSSR count). The molecule has 1 amide bonds. The van der Waals surface area contributed by atoms with Gasteiger partial charge in [-0.3, -0.25) is 4.79 Å². The minimum atomic E-state index is -0.121. The van der Waals surface area contributed by atoms with Crippen LogP contribution >= 0.6 is 0 Å². The molecular weight excluding hydrogens is 228 g/mol. The number of benzene rings is 1. The molecule has 0 bridgehead atoms. The molecule has 98 valence electrons. The topological polar surface area (TPSA) is 50.4 Å². The van der Waals surface area contributed by atoms with E-state index in [0.717, 1.165) is 11.4 Å². The Hall–Kier alpha value is -1.71. The fourth-order valence-corrected chi connectivity index (χ4v) is 2.20. The van der Waals surface area contributed by atoms with Crippen LogP contribution in [0.15, 0.2) is 24.3 Å². The molecule has 0 unspecified atom stereocenters. The Balaban J connectivity index is 1.89. The van der Waals surface area contributed by atoms with Gasteiger partial charge in [0.05, 0.1) is 0 Å². The van der Waals surface area contributed by atoms with Gasteiger partial charge in [0.25, 0.3) is 5.91 Å². The largest absolute Gasteiger partial charge is 0.484 e. The van der Waals surface area contributed by atoms with Crippen molar-refractivity contribution >= 4 is 11.6 Å². The highest BCUT2D eigenvalue weighted by molar-refractivity contribution is 5.77. The molecule has 1 aliphatic carbocycles. The number of carbonyl (C=O) groups excluding carboxylic acids is 1. The van der Waals surface area contributed by atoms with Gasteiger partial charge in [-0.15, -0.1) is 0 Å². The van der Waals surface area contributed by atoms with Gasteiger partial charge in [-0.25, -0.2) is 0 Å². The average Bonchev–Trinajstić information content (AvgIpc) is 2.89. The quantitative estimate of drug-likeness (QED) is 0.839. The van der Waals surface area contributed by atoms with Gasteiger partial charge in [-0.2, -0.15) is 0 Å². The monoisotopic (exact) mass is 248 g/mol. The van der Waals surface area contributed by atoms with Crippen molar-refractivity contribution in [2.75, 3.05) is 19.0 Å². The maximum Gasteiger partial charge on any atom is 0.257 e. The third-order valence-electron chi connectivity index (χ3n) is 3.21. The summed E-state index contributed by atoms with van der Waals surface area (Å²) < 4.78 is 5.41. The molecule has 1 aromatic rings. The summed E-state index contributed by atoms with van der Waals surface area (Å²) in [4.78, 5) is 11.1. The van der Waals surface area contributed by atoms with E-state index in [9.17, 15) is 4.79 Å². The first kappa shape index (κ1) is 12.7. The van der Waals surface area contributed by atoms with Crippen LogP contribution in [0.3, 0.4) is 0 Å². The normalized spacial score (nSPS) is 15.4. The predicted molar refractivity (Wildman–Crippen MR) is 71.9 cm³/mol. The zero-order valence-corrected chi connectivity index (χ0v) is 10.7. The molecule has 2 N–H and O–H groups in total. The molecule has 0 aromatic heterocycles. The third-order valence-corrected chi connectivity index (χ3v) is 3.21. The average molecular weight is 248 g/mol. The number of nitrogens with one attached hydrogen (secondary N) is 2. The first-order valence-corrected chi connectivity index (χ1v) is 6.48. The van der Waals surface area contributed by atoms with E-state index in [1.807, 2.05) is 24.3 Å². The number of ether oxygens (including phenoxy) is 1. The Morgan fingerprint density at radius 3 is 2.89 bits per heavy atom. The van der Waals surface area contributed by atoms with Crippen molar-refractivity contribution in [3.63, 3.8) is 0 Å². The fourth-order valence-electron chi connectivity index (χ4n) is 2.20. The van der Waals surface area contributed by atoms with Gasteiger partial charge in [-0.1, -0.05) is 18.9 Å². The van der Waals surface area contributed by atoms with Gasteiger partial charge in [0, 0.05) is 24.8 Å². The second-order valence-corrected chi connectivity index (χ2v) is 4.62. The highest BCUT2D eigenvalue weighted by Crippen LogP contribution is 2.24. The minimum absolute atomic E-state index is 0.0589. The SMILES string of the molecule is CNC(=O)COc1cccc(NC2CCCC2)c1. The summed E-state index contributed by atoms with van der Waals surface area (Å²) in [5.74, 6) is 0.603. The molecular formula is C14H20N2O2. The highest BCUT2D eigenvalue weighted by atomic mass is 16.5. The van der Waals surface area contributed by atoms with E-state index in [-0.39, 0.29) is 12.5 Å². The molecule has 1 fully saturated rings. The van der Waals surface area contributed by atoms with E-state index >= 15 is 0 Å². The standard InChI is InChI=1S/C14H20N2O2/c1-15-14(17)10-18-13-8-4-7-12(9-13)16-11-5-2-3-6-11/h4,7-9,11,16H,2-3,5-6,10H2,1H3,(H,15,17). The number of carbonyl (C=O) groups is 1. The third kappa shape index (κ3) is 3.65. The first-order valence-electron chi connectivity index (χ1n) is 6.48. The predicted octanol–water partition coefficient (Wildman–Crippen LogP) is 2.17. The maximum absolute atomic E-state index is 11.1. The first-order chi connectivity index (χ1) is 8.78. The minimum Gasteiger partial charge on any atom is -0.484 e. The van der Waals surface area contributed by atoms with Crippen molar-refractivity contribution in [1.82, 2.24) is 5.32 Å². The van der Waals surface area contributed by atoms with Gasteiger partial charge < -0.3 is 15.4 Å². The molecule has 0 aliphatic heterocycles. The van der Waals surface area contributed by atoms with Crippen LogP contribution in [0.2, 0.25) is 0 Å². The number of amides is 1. The molecule has 18 heavy (non-hydrogen) atoms. The summed E-state index contributed by atoms with van der Waals surface area (Å²) in [6.07, 6.45) is 5.10. The number of likely N-dealkylation sites (N-methyl/N-ethyl adjacent to an activating group) is 1. The van der Waals surface area contributed by atoms with Crippen LogP contribution in [-0.2, 0) is 4.79 Å². The van der Waals surface area contributed by atoms with Crippen LogP contribution in [-0.4, -0.2) is 25.6 Å². The molecule has 1 aromatic carbocycles. The molecule has 0 heterocycles. The van der Waals surface area contributed by atoms with Crippen molar-refractivity contribution in [2.24, 2.45) is 0 Å². The van der Waals surface area contributed by atoms with Gasteiger partial charge in [-0.05, 0) is 25.0 Å². The lowest BCUT2D eigenvalue weighted by atomic mass is 10.2. The van der Waals surface area contributed by atoms with Crippen LogP contribution < -0.4 is 15.4 Å². The lowest BCUT2D eigenvalue weighted by Crippen LogP contribution is -2.24. The molecule has 0 spiro atoms. The number of hydrogen-bond acceptors (Lipinski definition) is 3. The van der Waals surface area contributed by atoms with Crippen LogP contribution in [0.4, 0.5) is 5.69 Å². The Kier molecular flexibility index (Phi) is 4.45. The lowest BCUT2D eigenvalue weighted by molar-refractivity contribution is -0.122. The Morgan fingerprint density at radius 2 is 2.17 bits per heavy atom. The van der Waals surface area contributed by atoms with Crippen LogP contribution in [0.25, 0.3) is 0 Å².